The lowest BCUT2D eigenvalue weighted by molar-refractivity contribution is -0.125. The fraction of sp³-hybridized carbons (Fsp3) is 0.938. The van der Waals surface area contributed by atoms with Crippen molar-refractivity contribution in [1.82, 2.24) is 10.2 Å². The van der Waals surface area contributed by atoms with Crippen LogP contribution < -0.4 is 11.1 Å². The quantitative estimate of drug-likeness (QED) is 0.750. The van der Waals surface area contributed by atoms with Crippen LogP contribution in [0.2, 0.25) is 0 Å². The van der Waals surface area contributed by atoms with Gasteiger partial charge in [0.15, 0.2) is 0 Å². The second kappa shape index (κ2) is 11.5. The molecule has 2 fully saturated rings. The van der Waals surface area contributed by atoms with Crippen LogP contribution in [0.1, 0.15) is 46.0 Å². The van der Waals surface area contributed by atoms with Crippen molar-refractivity contribution in [3.8, 4) is 0 Å². The first-order valence-corrected chi connectivity index (χ1v) is 8.44. The summed E-state index contributed by atoms with van der Waals surface area (Å²) in [4.78, 5) is 14.6. The zero-order chi connectivity index (χ0) is 15.2. The molecule has 1 amide bonds. The van der Waals surface area contributed by atoms with E-state index in [1.807, 2.05) is 0 Å². The lowest BCUT2D eigenvalue weighted by Gasteiger charge is -2.32. The van der Waals surface area contributed by atoms with Crippen molar-refractivity contribution in [2.45, 2.75) is 64.1 Å². The predicted octanol–water partition coefficient (Wildman–Crippen LogP) is 1.96. The van der Waals surface area contributed by atoms with Crippen molar-refractivity contribution >= 4 is 30.7 Å². The third-order valence-corrected chi connectivity index (χ3v) is 4.64. The summed E-state index contributed by atoms with van der Waals surface area (Å²) >= 11 is 0. The van der Waals surface area contributed by atoms with E-state index in [0.717, 1.165) is 58.3 Å². The number of nitrogens with one attached hydrogen (secondary N) is 1. The van der Waals surface area contributed by atoms with E-state index in [1.165, 1.54) is 0 Å². The molecule has 23 heavy (non-hydrogen) atoms. The molecule has 0 aromatic heterocycles. The summed E-state index contributed by atoms with van der Waals surface area (Å²) in [6.07, 6.45) is 5.21. The van der Waals surface area contributed by atoms with E-state index in [1.54, 1.807) is 0 Å². The molecule has 1 saturated heterocycles. The Labute approximate surface area is 152 Å². The van der Waals surface area contributed by atoms with Crippen LogP contribution in [-0.2, 0) is 9.53 Å². The summed E-state index contributed by atoms with van der Waals surface area (Å²) in [7, 11) is 0. The Hall–Kier alpha value is -0.0700. The highest BCUT2D eigenvalue weighted by Gasteiger charge is 2.29. The van der Waals surface area contributed by atoms with E-state index < -0.39 is 0 Å². The first-order chi connectivity index (χ1) is 10.0. The molecule has 1 heterocycles. The monoisotopic (exact) mass is 369 g/mol. The van der Waals surface area contributed by atoms with Gasteiger partial charge in [-0.3, -0.25) is 4.79 Å². The summed E-state index contributed by atoms with van der Waals surface area (Å²) in [5.74, 6) is 0.377. The topological polar surface area (TPSA) is 67.6 Å². The zero-order valence-corrected chi connectivity index (χ0v) is 16.0. The van der Waals surface area contributed by atoms with Gasteiger partial charge in [0.05, 0.1) is 12.7 Å². The van der Waals surface area contributed by atoms with Gasteiger partial charge in [0.2, 0.25) is 5.91 Å². The van der Waals surface area contributed by atoms with E-state index >= 15 is 0 Å². The van der Waals surface area contributed by atoms with Gasteiger partial charge in [-0.15, -0.1) is 24.8 Å². The Morgan fingerprint density at radius 2 is 1.87 bits per heavy atom. The standard InChI is InChI=1S/C16H31N3O2.2ClH/c1-12(2)21-10-9-19-7-5-15(6-8-19)18-16(20)13-3-4-14(17)11-13;;/h12-15H,3-11,17H2,1-2H3,(H,18,20);2*1H. The molecule has 2 unspecified atom stereocenters. The lowest BCUT2D eigenvalue weighted by Crippen LogP contribution is -2.46. The average Bonchev–Trinajstić information content (AvgIpc) is 2.87. The van der Waals surface area contributed by atoms with Crippen LogP contribution in [0.25, 0.3) is 0 Å². The molecule has 0 spiro atoms. The molecule has 0 aromatic rings. The maximum Gasteiger partial charge on any atom is 0.223 e. The van der Waals surface area contributed by atoms with Gasteiger partial charge in [0.25, 0.3) is 0 Å². The highest BCUT2D eigenvalue weighted by molar-refractivity contribution is 5.85. The van der Waals surface area contributed by atoms with E-state index in [0.29, 0.717) is 12.1 Å². The third kappa shape index (κ3) is 8.03. The minimum Gasteiger partial charge on any atom is -0.377 e. The first-order valence-electron chi connectivity index (χ1n) is 8.44. The van der Waals surface area contributed by atoms with E-state index in [9.17, 15) is 4.79 Å². The van der Waals surface area contributed by atoms with Gasteiger partial charge in [-0.25, -0.2) is 0 Å². The minimum absolute atomic E-state index is 0. The van der Waals surface area contributed by atoms with Crippen LogP contribution >= 0.6 is 24.8 Å². The molecule has 0 bridgehead atoms. The SMILES string of the molecule is CC(C)OCCN1CCC(NC(=O)C2CCC(N)C2)CC1.Cl.Cl. The average molecular weight is 370 g/mol. The van der Waals surface area contributed by atoms with Gasteiger partial charge in [0, 0.05) is 37.6 Å². The van der Waals surface area contributed by atoms with Gasteiger partial charge >= 0.3 is 0 Å². The molecule has 1 saturated carbocycles. The number of likely N-dealkylation sites (tertiary alicyclic amines) is 1. The number of amides is 1. The van der Waals surface area contributed by atoms with E-state index in [4.69, 9.17) is 10.5 Å². The fourth-order valence-electron chi connectivity index (χ4n) is 3.29. The number of hydrogen-bond acceptors (Lipinski definition) is 4. The zero-order valence-electron chi connectivity index (χ0n) is 14.3. The molecule has 1 aliphatic carbocycles. The number of rotatable bonds is 6. The number of nitrogens with two attached hydrogens (primary N) is 1. The number of halogens is 2. The molecule has 1 aliphatic heterocycles. The van der Waals surface area contributed by atoms with E-state index in [2.05, 4.69) is 24.1 Å². The lowest BCUT2D eigenvalue weighted by atomic mass is 10.0. The summed E-state index contributed by atoms with van der Waals surface area (Å²) in [5, 5.41) is 3.22. The molecule has 138 valence electrons. The van der Waals surface area contributed by atoms with Gasteiger partial charge in [0.1, 0.15) is 0 Å². The third-order valence-electron chi connectivity index (χ3n) is 4.64. The van der Waals surface area contributed by atoms with Crippen LogP contribution in [0.15, 0.2) is 0 Å². The Kier molecular flexibility index (Phi) is 11.4. The van der Waals surface area contributed by atoms with Crippen molar-refractivity contribution in [2.24, 2.45) is 11.7 Å². The summed E-state index contributed by atoms with van der Waals surface area (Å²) in [6, 6.07) is 0.570. The maximum atomic E-state index is 12.2. The Morgan fingerprint density at radius 3 is 2.39 bits per heavy atom. The van der Waals surface area contributed by atoms with Crippen LogP contribution in [-0.4, -0.2) is 55.2 Å². The molecule has 2 aliphatic rings. The normalized spacial score (nSPS) is 25.7. The molecular formula is C16H33Cl2N3O2. The first kappa shape index (κ1) is 22.9. The van der Waals surface area contributed by atoms with Crippen LogP contribution in [0, 0.1) is 5.92 Å². The summed E-state index contributed by atoms with van der Waals surface area (Å²) in [5.41, 5.74) is 5.88. The largest absolute Gasteiger partial charge is 0.377 e. The number of nitrogens with zero attached hydrogens (tertiary/aromatic N) is 1. The minimum atomic E-state index is 0. The van der Waals surface area contributed by atoms with Crippen molar-refractivity contribution in [3.05, 3.63) is 0 Å². The number of piperidine rings is 1. The smallest absolute Gasteiger partial charge is 0.223 e. The fourth-order valence-corrected chi connectivity index (χ4v) is 3.29. The highest BCUT2D eigenvalue weighted by Crippen LogP contribution is 2.24. The molecule has 2 atom stereocenters. The number of carbonyl (C=O) groups is 1. The molecule has 0 aromatic carbocycles. The number of carbonyl (C=O) groups excluding carboxylic acids is 1. The molecule has 7 heteroatoms. The van der Waals surface area contributed by atoms with Crippen LogP contribution in [0.4, 0.5) is 0 Å². The maximum absolute atomic E-state index is 12.2. The Bertz CT molecular complexity index is 337. The number of hydrogen-bond donors (Lipinski definition) is 2. The van der Waals surface area contributed by atoms with Crippen molar-refractivity contribution in [3.63, 3.8) is 0 Å². The summed E-state index contributed by atoms with van der Waals surface area (Å²) < 4.78 is 5.59. The molecule has 0 radical (unpaired) electrons. The summed E-state index contributed by atoms with van der Waals surface area (Å²) in [6.45, 7) is 8.03. The van der Waals surface area contributed by atoms with E-state index in [-0.39, 0.29) is 42.7 Å². The van der Waals surface area contributed by atoms with Crippen molar-refractivity contribution in [1.29, 1.82) is 0 Å². The predicted molar refractivity (Wildman–Crippen MR) is 98.5 cm³/mol. The van der Waals surface area contributed by atoms with Gasteiger partial charge in [-0.1, -0.05) is 0 Å². The van der Waals surface area contributed by atoms with Gasteiger partial charge in [-0.05, 0) is 46.0 Å². The van der Waals surface area contributed by atoms with Gasteiger partial charge < -0.3 is 20.7 Å². The molecular weight excluding hydrogens is 337 g/mol. The Morgan fingerprint density at radius 1 is 1.22 bits per heavy atom. The highest BCUT2D eigenvalue weighted by atomic mass is 35.5. The molecule has 3 N–H and O–H groups in total. The van der Waals surface area contributed by atoms with Crippen molar-refractivity contribution in [2.75, 3.05) is 26.2 Å². The molecule has 2 rings (SSSR count). The van der Waals surface area contributed by atoms with Crippen LogP contribution in [0.3, 0.4) is 0 Å². The van der Waals surface area contributed by atoms with Crippen molar-refractivity contribution < 1.29 is 9.53 Å². The second-order valence-corrected chi connectivity index (χ2v) is 6.81. The van der Waals surface area contributed by atoms with Gasteiger partial charge in [-0.2, -0.15) is 0 Å². The molecule has 5 nitrogen and oxygen atoms in total. The number of ether oxygens (including phenoxy) is 1. The second-order valence-electron chi connectivity index (χ2n) is 6.81. The Balaban J connectivity index is 0.00000242. The van der Waals surface area contributed by atoms with Crippen LogP contribution in [0.5, 0.6) is 0 Å².